The van der Waals surface area contributed by atoms with Crippen molar-refractivity contribution in [3.05, 3.63) is 65.6 Å². The zero-order valence-corrected chi connectivity index (χ0v) is 11.4. The molecule has 0 aliphatic rings. The zero-order valence-electron chi connectivity index (χ0n) is 11.4. The zero-order chi connectivity index (χ0) is 14.8. The van der Waals surface area contributed by atoms with Crippen LogP contribution in [-0.2, 0) is 12.8 Å². The van der Waals surface area contributed by atoms with E-state index in [4.69, 9.17) is 10.2 Å². The van der Waals surface area contributed by atoms with Gasteiger partial charge in [0.05, 0.1) is 6.26 Å². The number of furan rings is 1. The normalized spacial score (nSPS) is 10.9. The summed E-state index contributed by atoms with van der Waals surface area (Å²) in [4.78, 5) is 11.2. The van der Waals surface area contributed by atoms with Crippen LogP contribution in [0.1, 0.15) is 21.7 Å². The molecule has 3 aromatic rings. The monoisotopic (exact) mass is 281 g/mol. The number of carbonyl (C=O) groups is 1. The fourth-order valence-corrected chi connectivity index (χ4v) is 2.56. The molecule has 21 heavy (non-hydrogen) atoms. The van der Waals surface area contributed by atoms with Gasteiger partial charge in [0, 0.05) is 5.56 Å². The summed E-state index contributed by atoms with van der Waals surface area (Å²) in [6, 6.07) is 13.1. The number of aryl methyl sites for hydroxylation is 2. The topological polar surface area (TPSA) is 76.5 Å². The smallest absolute Gasteiger partial charge is 0.284 e. The van der Waals surface area contributed by atoms with Gasteiger partial charge in [-0.2, -0.15) is 0 Å². The summed E-state index contributed by atoms with van der Waals surface area (Å²) in [5, 5.41) is 11.7. The van der Waals surface area contributed by atoms with Crippen molar-refractivity contribution in [2.45, 2.75) is 12.8 Å². The predicted octanol–water partition coefficient (Wildman–Crippen LogP) is 3.02. The predicted molar refractivity (Wildman–Crippen MR) is 80.2 cm³/mol. The molecule has 0 unspecified atom stereocenters. The van der Waals surface area contributed by atoms with Crippen molar-refractivity contribution in [1.29, 1.82) is 0 Å². The molecule has 4 heteroatoms. The Hall–Kier alpha value is -2.75. The quantitative estimate of drug-likeness (QED) is 0.771. The standard InChI is InChI=1S/C17H15NO3/c18-17(20)16-13(8-9-21-16)5-4-11-2-1-3-12-6-7-14(19)10-15(11)12/h1-3,6-10,19H,4-5H2,(H2,18,20). The molecule has 0 aliphatic carbocycles. The first-order valence-corrected chi connectivity index (χ1v) is 6.72. The van der Waals surface area contributed by atoms with Crippen LogP contribution in [0.25, 0.3) is 10.8 Å². The third kappa shape index (κ3) is 2.60. The summed E-state index contributed by atoms with van der Waals surface area (Å²) in [5.74, 6) is -0.0836. The summed E-state index contributed by atoms with van der Waals surface area (Å²) < 4.78 is 5.11. The second kappa shape index (κ2) is 5.32. The Labute approximate surface area is 121 Å². The fourth-order valence-electron chi connectivity index (χ4n) is 2.56. The number of nitrogens with two attached hydrogens (primary N) is 1. The Morgan fingerprint density at radius 1 is 1.10 bits per heavy atom. The van der Waals surface area contributed by atoms with Crippen LogP contribution >= 0.6 is 0 Å². The third-order valence-corrected chi connectivity index (χ3v) is 3.59. The van der Waals surface area contributed by atoms with E-state index in [1.54, 1.807) is 18.2 Å². The van der Waals surface area contributed by atoms with Crippen molar-refractivity contribution in [3.63, 3.8) is 0 Å². The molecule has 4 nitrogen and oxygen atoms in total. The minimum atomic E-state index is -0.550. The van der Waals surface area contributed by atoms with Crippen molar-refractivity contribution >= 4 is 16.7 Å². The Bertz CT molecular complexity index is 805. The van der Waals surface area contributed by atoms with Gasteiger partial charge in [-0.25, -0.2) is 0 Å². The van der Waals surface area contributed by atoms with Gasteiger partial charge in [0.15, 0.2) is 5.76 Å². The highest BCUT2D eigenvalue weighted by molar-refractivity contribution is 5.91. The van der Waals surface area contributed by atoms with E-state index in [9.17, 15) is 9.90 Å². The average molecular weight is 281 g/mol. The number of phenolic OH excluding ortho intramolecular Hbond substituents is 1. The molecule has 0 saturated carbocycles. The Kier molecular flexibility index (Phi) is 3.36. The number of hydrogen-bond donors (Lipinski definition) is 2. The number of aromatic hydroxyl groups is 1. The first-order chi connectivity index (χ1) is 10.1. The van der Waals surface area contributed by atoms with Gasteiger partial charge in [-0.1, -0.05) is 24.3 Å². The summed E-state index contributed by atoms with van der Waals surface area (Å²) in [6.07, 6.45) is 2.87. The van der Waals surface area contributed by atoms with Gasteiger partial charge in [-0.3, -0.25) is 4.79 Å². The number of rotatable bonds is 4. The number of benzene rings is 2. The molecule has 106 valence electrons. The number of primary amides is 1. The van der Waals surface area contributed by atoms with Crippen LogP contribution < -0.4 is 5.73 Å². The van der Waals surface area contributed by atoms with Crippen LogP contribution in [0.2, 0.25) is 0 Å². The fraction of sp³-hybridized carbons (Fsp3) is 0.118. The van der Waals surface area contributed by atoms with Crippen LogP contribution in [0.5, 0.6) is 5.75 Å². The van der Waals surface area contributed by atoms with Crippen molar-refractivity contribution in [2.24, 2.45) is 5.73 Å². The maximum absolute atomic E-state index is 11.2. The molecule has 2 aromatic carbocycles. The van der Waals surface area contributed by atoms with E-state index in [2.05, 4.69) is 0 Å². The number of hydrogen-bond acceptors (Lipinski definition) is 3. The van der Waals surface area contributed by atoms with Gasteiger partial charge in [-0.05, 0) is 47.4 Å². The maximum Gasteiger partial charge on any atom is 0.284 e. The number of fused-ring (bicyclic) bond motifs is 1. The lowest BCUT2D eigenvalue weighted by atomic mass is 9.98. The lowest BCUT2D eigenvalue weighted by molar-refractivity contribution is 0.0972. The minimum Gasteiger partial charge on any atom is -0.508 e. The van der Waals surface area contributed by atoms with E-state index in [1.807, 2.05) is 24.3 Å². The molecule has 0 saturated heterocycles. The van der Waals surface area contributed by atoms with E-state index >= 15 is 0 Å². The molecule has 0 aliphatic heterocycles. The van der Waals surface area contributed by atoms with Crippen molar-refractivity contribution < 1.29 is 14.3 Å². The van der Waals surface area contributed by atoms with Crippen LogP contribution in [-0.4, -0.2) is 11.0 Å². The van der Waals surface area contributed by atoms with Crippen LogP contribution in [0.4, 0.5) is 0 Å². The van der Waals surface area contributed by atoms with Crippen molar-refractivity contribution in [1.82, 2.24) is 0 Å². The Morgan fingerprint density at radius 2 is 1.90 bits per heavy atom. The van der Waals surface area contributed by atoms with Crippen LogP contribution in [0.3, 0.4) is 0 Å². The molecular formula is C17H15NO3. The van der Waals surface area contributed by atoms with E-state index in [-0.39, 0.29) is 11.5 Å². The van der Waals surface area contributed by atoms with Gasteiger partial charge >= 0.3 is 0 Å². The third-order valence-electron chi connectivity index (χ3n) is 3.59. The second-order valence-electron chi connectivity index (χ2n) is 4.96. The number of phenols is 1. The summed E-state index contributed by atoms with van der Waals surface area (Å²) in [5.41, 5.74) is 7.19. The van der Waals surface area contributed by atoms with E-state index in [1.165, 1.54) is 6.26 Å². The van der Waals surface area contributed by atoms with E-state index in [0.29, 0.717) is 6.42 Å². The average Bonchev–Trinajstić information content (AvgIpc) is 2.93. The summed E-state index contributed by atoms with van der Waals surface area (Å²) >= 11 is 0. The first kappa shape index (κ1) is 13.2. The number of carbonyl (C=O) groups excluding carboxylic acids is 1. The first-order valence-electron chi connectivity index (χ1n) is 6.72. The Morgan fingerprint density at radius 3 is 2.71 bits per heavy atom. The highest BCUT2D eigenvalue weighted by Gasteiger charge is 2.12. The lowest BCUT2D eigenvalue weighted by Crippen LogP contribution is -2.12. The maximum atomic E-state index is 11.2. The Balaban J connectivity index is 1.90. The molecule has 0 spiro atoms. The molecule has 0 atom stereocenters. The van der Waals surface area contributed by atoms with Crippen LogP contribution in [0.15, 0.2) is 53.1 Å². The molecule has 3 rings (SSSR count). The van der Waals surface area contributed by atoms with Gasteiger partial charge in [0.2, 0.25) is 0 Å². The van der Waals surface area contributed by atoms with E-state index < -0.39 is 5.91 Å². The SMILES string of the molecule is NC(=O)c1occc1CCc1cccc2ccc(O)cc12. The molecule has 1 amide bonds. The van der Waals surface area contributed by atoms with Gasteiger partial charge < -0.3 is 15.3 Å². The second-order valence-corrected chi connectivity index (χ2v) is 4.96. The highest BCUT2D eigenvalue weighted by Crippen LogP contribution is 2.25. The molecular weight excluding hydrogens is 266 g/mol. The molecule has 0 radical (unpaired) electrons. The van der Waals surface area contributed by atoms with Crippen LogP contribution in [0, 0.1) is 0 Å². The van der Waals surface area contributed by atoms with Crippen molar-refractivity contribution in [3.8, 4) is 5.75 Å². The molecule has 0 bridgehead atoms. The lowest BCUT2D eigenvalue weighted by Gasteiger charge is -2.07. The summed E-state index contributed by atoms with van der Waals surface area (Å²) in [7, 11) is 0. The van der Waals surface area contributed by atoms with Gasteiger partial charge in [0.1, 0.15) is 5.75 Å². The molecule has 1 aromatic heterocycles. The molecule has 3 N–H and O–H groups in total. The number of amides is 1. The highest BCUT2D eigenvalue weighted by atomic mass is 16.3. The van der Waals surface area contributed by atoms with Gasteiger partial charge in [-0.15, -0.1) is 0 Å². The summed E-state index contributed by atoms with van der Waals surface area (Å²) in [6.45, 7) is 0. The van der Waals surface area contributed by atoms with Gasteiger partial charge in [0.25, 0.3) is 5.91 Å². The largest absolute Gasteiger partial charge is 0.508 e. The molecule has 1 heterocycles. The molecule has 0 fully saturated rings. The van der Waals surface area contributed by atoms with Crippen molar-refractivity contribution in [2.75, 3.05) is 0 Å². The van der Waals surface area contributed by atoms with E-state index in [0.717, 1.165) is 28.3 Å². The minimum absolute atomic E-state index is 0.220.